The zero-order chi connectivity index (χ0) is 15.5. The van der Waals surface area contributed by atoms with E-state index in [0.29, 0.717) is 6.54 Å². The van der Waals surface area contributed by atoms with Crippen molar-refractivity contribution < 1.29 is 9.90 Å². The zero-order valence-corrected chi connectivity index (χ0v) is 13.8. The molecule has 0 aromatic heterocycles. The van der Waals surface area contributed by atoms with Gasteiger partial charge in [0, 0.05) is 12.6 Å². The first-order valence-corrected chi connectivity index (χ1v) is 8.29. The summed E-state index contributed by atoms with van der Waals surface area (Å²) in [5, 5.41) is 12.8. The van der Waals surface area contributed by atoms with Crippen LogP contribution in [-0.2, 0) is 4.79 Å². The lowest BCUT2D eigenvalue weighted by Gasteiger charge is -2.44. The third kappa shape index (κ3) is 3.96. The summed E-state index contributed by atoms with van der Waals surface area (Å²) in [6.07, 6.45) is 4.23. The number of piperidine rings is 2. The maximum Gasteiger partial charge on any atom is 0.240 e. The van der Waals surface area contributed by atoms with Crippen LogP contribution in [0, 0.1) is 5.41 Å². The van der Waals surface area contributed by atoms with Gasteiger partial charge in [0.2, 0.25) is 5.91 Å². The number of carbonyl (C=O) groups excluding carboxylic acids is 1. The highest BCUT2D eigenvalue weighted by atomic mass is 16.3. The molecule has 0 spiro atoms. The topological polar surface area (TPSA) is 55.8 Å². The van der Waals surface area contributed by atoms with Crippen LogP contribution < -0.4 is 5.32 Å². The lowest BCUT2D eigenvalue weighted by Crippen LogP contribution is -2.59. The molecule has 2 heterocycles. The van der Waals surface area contributed by atoms with Crippen molar-refractivity contribution >= 4 is 5.91 Å². The van der Waals surface area contributed by atoms with Crippen LogP contribution in [0.15, 0.2) is 0 Å². The number of carbonyl (C=O) groups is 1. The summed E-state index contributed by atoms with van der Waals surface area (Å²) in [7, 11) is 2.13. The number of nitrogens with zero attached hydrogens (tertiary/aromatic N) is 2. The highest BCUT2D eigenvalue weighted by molar-refractivity contribution is 5.83. The summed E-state index contributed by atoms with van der Waals surface area (Å²) in [5.41, 5.74) is -0.00546. The van der Waals surface area contributed by atoms with Crippen molar-refractivity contribution in [3.05, 3.63) is 0 Å². The molecule has 0 bridgehead atoms. The van der Waals surface area contributed by atoms with Crippen molar-refractivity contribution in [1.82, 2.24) is 15.1 Å². The molecule has 2 N–H and O–H groups in total. The quantitative estimate of drug-likeness (QED) is 0.801. The van der Waals surface area contributed by atoms with E-state index in [1.807, 2.05) is 4.90 Å². The predicted octanol–water partition coefficient (Wildman–Crippen LogP) is 0.680. The first-order chi connectivity index (χ1) is 9.95. The summed E-state index contributed by atoms with van der Waals surface area (Å²) in [5.74, 6) is 0.184. The molecule has 1 atom stereocenters. The molecule has 0 saturated carbocycles. The lowest BCUT2D eigenvalue weighted by molar-refractivity contribution is -0.141. The average Bonchev–Trinajstić information content (AvgIpc) is 2.45. The number of aliphatic hydroxyl groups is 1. The molecular formula is C16H31N3O2. The molecular weight excluding hydrogens is 266 g/mol. The van der Waals surface area contributed by atoms with Gasteiger partial charge in [0.05, 0.1) is 12.6 Å². The molecule has 1 amide bonds. The molecule has 2 rings (SSSR count). The van der Waals surface area contributed by atoms with E-state index in [9.17, 15) is 9.90 Å². The van der Waals surface area contributed by atoms with E-state index in [2.05, 4.69) is 31.1 Å². The zero-order valence-electron chi connectivity index (χ0n) is 13.8. The largest absolute Gasteiger partial charge is 0.395 e. The van der Waals surface area contributed by atoms with Gasteiger partial charge in [-0.05, 0) is 57.8 Å². The Morgan fingerprint density at radius 3 is 2.62 bits per heavy atom. The third-order valence-corrected chi connectivity index (χ3v) is 5.13. The molecule has 5 nitrogen and oxygen atoms in total. The number of likely N-dealkylation sites (tertiary alicyclic amines) is 1. The van der Waals surface area contributed by atoms with Crippen molar-refractivity contribution in [2.75, 3.05) is 39.8 Å². The van der Waals surface area contributed by atoms with Crippen molar-refractivity contribution in [1.29, 1.82) is 0 Å². The van der Waals surface area contributed by atoms with E-state index in [1.165, 1.54) is 0 Å². The fourth-order valence-corrected chi connectivity index (χ4v) is 3.69. The molecule has 0 radical (unpaired) electrons. The molecule has 5 heteroatoms. The summed E-state index contributed by atoms with van der Waals surface area (Å²) in [4.78, 5) is 17.3. The fourth-order valence-electron chi connectivity index (χ4n) is 3.69. The van der Waals surface area contributed by atoms with Gasteiger partial charge in [-0.2, -0.15) is 0 Å². The number of amides is 1. The average molecular weight is 297 g/mol. The Balaban J connectivity index is 2.07. The summed E-state index contributed by atoms with van der Waals surface area (Å²) in [6.45, 7) is 7.83. The molecule has 2 fully saturated rings. The minimum atomic E-state index is -0.113. The van der Waals surface area contributed by atoms with Crippen LogP contribution in [0.5, 0.6) is 0 Å². The van der Waals surface area contributed by atoms with Gasteiger partial charge in [-0.3, -0.25) is 4.79 Å². The van der Waals surface area contributed by atoms with E-state index < -0.39 is 0 Å². The Morgan fingerprint density at radius 1 is 1.38 bits per heavy atom. The Hall–Kier alpha value is -0.650. The maximum absolute atomic E-state index is 13.0. The van der Waals surface area contributed by atoms with E-state index in [-0.39, 0.29) is 30.0 Å². The van der Waals surface area contributed by atoms with Gasteiger partial charge >= 0.3 is 0 Å². The third-order valence-electron chi connectivity index (χ3n) is 5.13. The molecule has 1 unspecified atom stereocenters. The SMILES string of the molecule is CN1CCC(N(CCO)C(=O)C2NCCCC2(C)C)CC1. The molecule has 2 saturated heterocycles. The van der Waals surface area contributed by atoms with Crippen molar-refractivity contribution in [2.45, 2.75) is 51.6 Å². The van der Waals surface area contributed by atoms with Crippen LogP contribution in [-0.4, -0.2) is 72.7 Å². The summed E-state index contributed by atoms with van der Waals surface area (Å²) >= 11 is 0. The molecule has 0 aromatic carbocycles. The molecule has 0 aromatic rings. The number of hydrogen-bond donors (Lipinski definition) is 2. The van der Waals surface area contributed by atoms with E-state index >= 15 is 0 Å². The van der Waals surface area contributed by atoms with Crippen molar-refractivity contribution in [3.8, 4) is 0 Å². The Labute approximate surface area is 128 Å². The van der Waals surface area contributed by atoms with Crippen LogP contribution >= 0.6 is 0 Å². The highest BCUT2D eigenvalue weighted by Gasteiger charge is 2.40. The molecule has 21 heavy (non-hydrogen) atoms. The smallest absolute Gasteiger partial charge is 0.240 e. The first-order valence-electron chi connectivity index (χ1n) is 8.29. The molecule has 0 aliphatic carbocycles. The predicted molar refractivity (Wildman–Crippen MR) is 84.1 cm³/mol. The van der Waals surface area contributed by atoms with Gasteiger partial charge in [-0.1, -0.05) is 13.8 Å². The second kappa shape index (κ2) is 7.07. The monoisotopic (exact) mass is 297 g/mol. The van der Waals surface area contributed by atoms with Crippen LogP contribution in [0.1, 0.15) is 39.5 Å². The molecule has 2 aliphatic rings. The maximum atomic E-state index is 13.0. The van der Waals surface area contributed by atoms with Crippen LogP contribution in [0.25, 0.3) is 0 Å². The van der Waals surface area contributed by atoms with Gasteiger partial charge < -0.3 is 20.2 Å². The van der Waals surface area contributed by atoms with E-state index in [4.69, 9.17) is 0 Å². The molecule has 122 valence electrons. The summed E-state index contributed by atoms with van der Waals surface area (Å²) in [6, 6.07) is 0.165. The molecule has 2 aliphatic heterocycles. The lowest BCUT2D eigenvalue weighted by atomic mass is 9.76. The second-order valence-corrected chi connectivity index (χ2v) is 7.27. The summed E-state index contributed by atoms with van der Waals surface area (Å²) < 4.78 is 0. The van der Waals surface area contributed by atoms with Crippen molar-refractivity contribution in [3.63, 3.8) is 0 Å². The van der Waals surface area contributed by atoms with Gasteiger partial charge in [0.15, 0.2) is 0 Å². The standard InChI is InChI=1S/C16H31N3O2/c1-16(2)7-4-8-17-14(16)15(21)19(11-12-20)13-5-9-18(3)10-6-13/h13-14,17,20H,4-12H2,1-3H3. The number of hydrogen-bond acceptors (Lipinski definition) is 4. The minimum absolute atomic E-state index is 0.00546. The van der Waals surface area contributed by atoms with E-state index in [0.717, 1.165) is 45.3 Å². The van der Waals surface area contributed by atoms with Gasteiger partial charge in [0.25, 0.3) is 0 Å². The van der Waals surface area contributed by atoms with Crippen LogP contribution in [0.4, 0.5) is 0 Å². The second-order valence-electron chi connectivity index (χ2n) is 7.27. The first kappa shape index (κ1) is 16.7. The Kier molecular flexibility index (Phi) is 5.63. The highest BCUT2D eigenvalue weighted by Crippen LogP contribution is 2.32. The van der Waals surface area contributed by atoms with Crippen LogP contribution in [0.3, 0.4) is 0 Å². The van der Waals surface area contributed by atoms with Gasteiger partial charge in [-0.25, -0.2) is 0 Å². The normalized spacial score (nSPS) is 27.5. The Bertz CT molecular complexity index is 351. The minimum Gasteiger partial charge on any atom is -0.395 e. The number of rotatable bonds is 4. The van der Waals surface area contributed by atoms with Crippen LogP contribution in [0.2, 0.25) is 0 Å². The fraction of sp³-hybridized carbons (Fsp3) is 0.938. The van der Waals surface area contributed by atoms with Crippen molar-refractivity contribution in [2.24, 2.45) is 5.41 Å². The van der Waals surface area contributed by atoms with Gasteiger partial charge in [-0.15, -0.1) is 0 Å². The number of nitrogens with one attached hydrogen (secondary N) is 1. The van der Waals surface area contributed by atoms with Gasteiger partial charge in [0.1, 0.15) is 0 Å². The van der Waals surface area contributed by atoms with E-state index in [1.54, 1.807) is 0 Å². The Morgan fingerprint density at radius 2 is 2.05 bits per heavy atom. The number of aliphatic hydroxyl groups excluding tert-OH is 1.